The lowest BCUT2D eigenvalue weighted by molar-refractivity contribution is 0.281. The van der Waals surface area contributed by atoms with Gasteiger partial charge in [0.1, 0.15) is 11.6 Å². The first kappa shape index (κ1) is 23.4. The summed E-state index contributed by atoms with van der Waals surface area (Å²) in [6, 6.07) is 15.9. The fourth-order valence-corrected chi connectivity index (χ4v) is 5.07. The van der Waals surface area contributed by atoms with Crippen molar-refractivity contribution in [3.63, 3.8) is 0 Å². The Balaban J connectivity index is 1.89. The van der Waals surface area contributed by atoms with Gasteiger partial charge in [-0.15, -0.1) is 12.6 Å². The Bertz CT molecular complexity index is 1140. The smallest absolute Gasteiger partial charge is 0.263 e. The Labute approximate surface area is 192 Å². The van der Waals surface area contributed by atoms with Crippen molar-refractivity contribution in [1.29, 1.82) is 0 Å². The number of aliphatic hydroxyl groups is 1. The van der Waals surface area contributed by atoms with E-state index in [0.717, 1.165) is 5.56 Å². The van der Waals surface area contributed by atoms with Crippen LogP contribution >= 0.6 is 24.4 Å². The molecule has 2 aromatic carbocycles. The lowest BCUT2D eigenvalue weighted by atomic mass is 10.2. The van der Waals surface area contributed by atoms with Crippen LogP contribution in [0.15, 0.2) is 69.5 Å². The summed E-state index contributed by atoms with van der Waals surface area (Å²) in [7, 11) is -3.86. The number of aryl methyl sites for hydroxylation is 1. The van der Waals surface area contributed by atoms with Crippen LogP contribution in [-0.4, -0.2) is 36.1 Å². The third-order valence-corrected chi connectivity index (χ3v) is 6.98. The van der Waals surface area contributed by atoms with Crippen molar-refractivity contribution in [2.24, 2.45) is 0 Å². The molecular weight excluding hydrogens is 452 g/mol. The molecule has 0 amide bonds. The lowest BCUT2D eigenvalue weighted by Crippen LogP contribution is -2.21. The number of thioether (sulfide) groups is 1. The molecule has 3 aromatic rings. The molecule has 0 saturated carbocycles. The summed E-state index contributed by atoms with van der Waals surface area (Å²) < 4.78 is 28.4. The van der Waals surface area contributed by atoms with Crippen molar-refractivity contribution in [1.82, 2.24) is 9.97 Å². The number of thiol groups is 1. The summed E-state index contributed by atoms with van der Waals surface area (Å²) in [5, 5.41) is 12.8. The maximum Gasteiger partial charge on any atom is 0.263 e. The van der Waals surface area contributed by atoms with Crippen LogP contribution in [0.1, 0.15) is 18.1 Å². The predicted octanol–water partition coefficient (Wildman–Crippen LogP) is 3.96. The molecule has 3 rings (SSSR count). The van der Waals surface area contributed by atoms with Gasteiger partial charge in [0.2, 0.25) is 0 Å². The van der Waals surface area contributed by atoms with Crippen LogP contribution in [0.4, 0.5) is 11.6 Å². The number of rotatable bonds is 9. The normalized spacial score (nSPS) is 12.4. The average molecular weight is 477 g/mol. The minimum Gasteiger partial charge on any atom is -0.394 e. The van der Waals surface area contributed by atoms with Gasteiger partial charge in [0.25, 0.3) is 10.0 Å². The predicted molar refractivity (Wildman–Crippen MR) is 127 cm³/mol. The zero-order valence-corrected chi connectivity index (χ0v) is 19.6. The number of sulfonamides is 1. The molecule has 1 aromatic heterocycles. The fraction of sp³-hybridized carbons (Fsp3) is 0.238. The molecule has 0 unspecified atom stereocenters. The van der Waals surface area contributed by atoms with E-state index in [1.165, 1.54) is 23.9 Å². The first-order valence-corrected chi connectivity index (χ1v) is 12.4. The van der Waals surface area contributed by atoms with Gasteiger partial charge in [-0.25, -0.2) is 18.4 Å². The van der Waals surface area contributed by atoms with Crippen LogP contribution in [0.25, 0.3) is 0 Å². The first-order chi connectivity index (χ1) is 14.8. The molecule has 0 aliphatic carbocycles. The highest BCUT2D eigenvalue weighted by Crippen LogP contribution is 2.26. The molecule has 164 valence electrons. The molecule has 31 heavy (non-hydrogen) atoms. The number of anilines is 2. The Kier molecular flexibility index (Phi) is 7.82. The van der Waals surface area contributed by atoms with E-state index in [2.05, 4.69) is 32.6 Å². The molecule has 0 radical (unpaired) electrons. The number of benzene rings is 2. The highest BCUT2D eigenvalue weighted by Gasteiger charge is 2.19. The third kappa shape index (κ3) is 6.60. The van der Waals surface area contributed by atoms with E-state index in [1.807, 2.05) is 30.3 Å². The Morgan fingerprint density at radius 2 is 1.81 bits per heavy atom. The molecule has 1 heterocycles. The number of nitrogens with one attached hydrogen (secondary N) is 2. The van der Waals surface area contributed by atoms with Crippen molar-refractivity contribution in [2.45, 2.75) is 40.6 Å². The quantitative estimate of drug-likeness (QED) is 0.210. The largest absolute Gasteiger partial charge is 0.394 e. The standard InChI is InChI=1S/C21H24N4O3S3/c1-14-10-17(29)8-9-18(14)31(27,28)25-20-11-19(22-15(2)12-26)23-21(24-20)30-13-16-6-4-3-5-7-16/h3-11,15,26,29H,12-13H2,1-2H3,(H2,22,23,24,25)/t15-/m1/s1. The zero-order valence-electron chi connectivity index (χ0n) is 17.1. The van der Waals surface area contributed by atoms with Gasteiger partial charge in [0, 0.05) is 22.8 Å². The maximum atomic E-state index is 13.0. The highest BCUT2D eigenvalue weighted by molar-refractivity contribution is 7.98. The molecule has 0 spiro atoms. The van der Waals surface area contributed by atoms with Crippen LogP contribution < -0.4 is 10.0 Å². The number of nitrogens with zero attached hydrogens (tertiary/aromatic N) is 2. The first-order valence-electron chi connectivity index (χ1n) is 9.52. The highest BCUT2D eigenvalue weighted by atomic mass is 32.2. The van der Waals surface area contributed by atoms with Crippen LogP contribution in [0.5, 0.6) is 0 Å². The molecule has 0 bridgehead atoms. The molecule has 0 saturated heterocycles. The van der Waals surface area contributed by atoms with Crippen molar-refractivity contribution in [3.05, 3.63) is 65.7 Å². The minimum atomic E-state index is -3.86. The molecule has 0 aliphatic heterocycles. The van der Waals surface area contributed by atoms with Crippen LogP contribution in [0.2, 0.25) is 0 Å². The van der Waals surface area contributed by atoms with Crippen LogP contribution in [0.3, 0.4) is 0 Å². The van der Waals surface area contributed by atoms with Crippen molar-refractivity contribution in [2.75, 3.05) is 16.6 Å². The summed E-state index contributed by atoms with van der Waals surface area (Å²) in [5.41, 5.74) is 1.68. The Hall–Kier alpha value is -2.27. The summed E-state index contributed by atoms with van der Waals surface area (Å²) in [6.45, 7) is 3.42. The number of aromatic nitrogens is 2. The van der Waals surface area contributed by atoms with Crippen LogP contribution in [0, 0.1) is 6.92 Å². The molecule has 0 aliphatic rings. The minimum absolute atomic E-state index is 0.0905. The van der Waals surface area contributed by atoms with Gasteiger partial charge >= 0.3 is 0 Å². The van der Waals surface area contributed by atoms with E-state index in [9.17, 15) is 13.5 Å². The molecule has 10 heteroatoms. The number of aliphatic hydroxyl groups excluding tert-OH is 1. The molecule has 1 atom stereocenters. The zero-order chi connectivity index (χ0) is 22.4. The van der Waals surface area contributed by atoms with Crippen molar-refractivity contribution >= 4 is 46.0 Å². The van der Waals surface area contributed by atoms with Gasteiger partial charge in [-0.2, -0.15) is 0 Å². The SMILES string of the molecule is Cc1cc(S)ccc1S(=O)(=O)Nc1cc(N[C@H](C)CO)nc(SCc2ccccc2)n1. The lowest BCUT2D eigenvalue weighted by Gasteiger charge is -2.15. The number of hydrogen-bond acceptors (Lipinski definition) is 8. The van der Waals surface area contributed by atoms with Gasteiger partial charge < -0.3 is 10.4 Å². The van der Waals surface area contributed by atoms with E-state index < -0.39 is 10.0 Å². The van der Waals surface area contributed by atoms with Gasteiger partial charge in [-0.05, 0) is 43.2 Å². The maximum absolute atomic E-state index is 13.0. The van der Waals surface area contributed by atoms with E-state index in [1.54, 1.807) is 26.0 Å². The second kappa shape index (κ2) is 10.4. The van der Waals surface area contributed by atoms with E-state index >= 15 is 0 Å². The van der Waals surface area contributed by atoms with Gasteiger partial charge in [0.05, 0.1) is 11.5 Å². The molecule has 3 N–H and O–H groups in total. The second-order valence-corrected chi connectivity index (χ2v) is 10.1. The summed E-state index contributed by atoms with van der Waals surface area (Å²) in [6.07, 6.45) is 0. The summed E-state index contributed by atoms with van der Waals surface area (Å²) in [5.74, 6) is 1.20. The monoisotopic (exact) mass is 476 g/mol. The average Bonchev–Trinajstić information content (AvgIpc) is 2.72. The Morgan fingerprint density at radius 3 is 2.48 bits per heavy atom. The van der Waals surface area contributed by atoms with E-state index in [0.29, 0.717) is 27.2 Å². The second-order valence-electron chi connectivity index (χ2n) is 6.98. The van der Waals surface area contributed by atoms with E-state index in [-0.39, 0.29) is 23.4 Å². The third-order valence-electron chi connectivity index (χ3n) is 4.27. The fourth-order valence-electron chi connectivity index (χ4n) is 2.76. The van der Waals surface area contributed by atoms with Crippen molar-refractivity contribution in [3.8, 4) is 0 Å². The molecular formula is C21H24N4O3S3. The van der Waals surface area contributed by atoms with Crippen LogP contribution in [-0.2, 0) is 15.8 Å². The van der Waals surface area contributed by atoms with Crippen molar-refractivity contribution < 1.29 is 13.5 Å². The summed E-state index contributed by atoms with van der Waals surface area (Å²) in [4.78, 5) is 9.67. The van der Waals surface area contributed by atoms with Gasteiger partial charge in [0.15, 0.2) is 5.16 Å². The van der Waals surface area contributed by atoms with E-state index in [4.69, 9.17) is 0 Å². The molecule has 0 fully saturated rings. The number of hydrogen-bond donors (Lipinski definition) is 4. The summed E-state index contributed by atoms with van der Waals surface area (Å²) >= 11 is 5.64. The topological polar surface area (TPSA) is 104 Å². The Morgan fingerprint density at radius 1 is 1.10 bits per heavy atom. The van der Waals surface area contributed by atoms with Gasteiger partial charge in [-0.1, -0.05) is 42.1 Å². The van der Waals surface area contributed by atoms with Gasteiger partial charge in [-0.3, -0.25) is 4.72 Å². The molecule has 7 nitrogen and oxygen atoms in total.